The van der Waals surface area contributed by atoms with Crippen LogP contribution in [0.5, 0.6) is 0 Å². The van der Waals surface area contributed by atoms with E-state index in [1.807, 2.05) is 0 Å². The molecule has 0 aliphatic carbocycles. The van der Waals surface area contributed by atoms with Crippen LogP contribution in [-0.2, 0) is 10.4 Å². The first kappa shape index (κ1) is 18.4. The fourth-order valence-electron chi connectivity index (χ4n) is 2.61. The second kappa shape index (κ2) is 5.87. The summed E-state index contributed by atoms with van der Waals surface area (Å²) in [6, 6.07) is 1.25. The van der Waals surface area contributed by atoms with Crippen molar-refractivity contribution in [2.75, 3.05) is 13.2 Å². The van der Waals surface area contributed by atoms with Crippen LogP contribution in [0.2, 0.25) is 0 Å². The number of nitrogens with zero attached hydrogens (tertiary/aromatic N) is 1. The molecule has 0 saturated carbocycles. The molecular formula is C13H11BrF7NO. The van der Waals surface area contributed by atoms with Gasteiger partial charge in [-0.15, -0.1) is 0 Å². The number of aryl methyl sites for hydroxylation is 1. The highest BCUT2D eigenvalue weighted by Gasteiger charge is 2.75. The van der Waals surface area contributed by atoms with Crippen LogP contribution < -0.4 is 0 Å². The molecule has 2 heterocycles. The van der Waals surface area contributed by atoms with Gasteiger partial charge in [0.25, 0.3) is 0 Å². The van der Waals surface area contributed by atoms with Gasteiger partial charge in [0.2, 0.25) is 0 Å². The Labute approximate surface area is 135 Å². The average molecular weight is 410 g/mol. The van der Waals surface area contributed by atoms with E-state index >= 15 is 0 Å². The highest BCUT2D eigenvalue weighted by atomic mass is 79.9. The van der Waals surface area contributed by atoms with E-state index in [1.54, 1.807) is 0 Å². The van der Waals surface area contributed by atoms with Gasteiger partial charge < -0.3 is 4.74 Å². The van der Waals surface area contributed by atoms with Crippen LogP contribution in [0.15, 0.2) is 10.7 Å². The summed E-state index contributed by atoms with van der Waals surface area (Å²) >= 11 is 2.74. The smallest absolute Gasteiger partial charge is 0.381 e. The van der Waals surface area contributed by atoms with Gasteiger partial charge in [0.1, 0.15) is 10.3 Å². The topological polar surface area (TPSA) is 22.1 Å². The Morgan fingerprint density at radius 2 is 1.70 bits per heavy atom. The molecule has 1 saturated heterocycles. The molecule has 1 aliphatic heterocycles. The Kier molecular flexibility index (Phi) is 4.71. The zero-order chi connectivity index (χ0) is 17.6. The maximum absolute atomic E-state index is 14.4. The first-order valence-electron chi connectivity index (χ1n) is 6.47. The standard InChI is InChI=1S/C13H11BrF7NO/c1-6-4-8(14)22-10(9(6)7-2-3-23-5-7)11(15,12(16,17)18)13(19,20)21/h4,7H,2-3,5H2,1H3. The van der Waals surface area contributed by atoms with Crippen LogP contribution in [0.4, 0.5) is 30.7 Å². The van der Waals surface area contributed by atoms with Crippen LogP contribution in [0.3, 0.4) is 0 Å². The molecule has 10 heteroatoms. The number of ether oxygens (including phenoxy) is 1. The largest absolute Gasteiger partial charge is 0.437 e. The van der Waals surface area contributed by atoms with Gasteiger partial charge in [-0.1, -0.05) is 0 Å². The van der Waals surface area contributed by atoms with Gasteiger partial charge in [0.15, 0.2) is 0 Å². The third kappa shape index (κ3) is 3.07. The van der Waals surface area contributed by atoms with Crippen LogP contribution in [-0.4, -0.2) is 30.6 Å². The van der Waals surface area contributed by atoms with Crippen LogP contribution >= 0.6 is 15.9 Å². The van der Waals surface area contributed by atoms with E-state index in [4.69, 9.17) is 4.74 Å². The average Bonchev–Trinajstić information content (AvgIpc) is 2.87. The van der Waals surface area contributed by atoms with E-state index in [0.717, 1.165) is 0 Å². The summed E-state index contributed by atoms with van der Waals surface area (Å²) in [6.45, 7) is 1.41. The number of rotatable bonds is 2. The predicted octanol–water partition coefficient (Wildman–Crippen LogP) is 4.95. The lowest BCUT2D eigenvalue weighted by Gasteiger charge is -2.32. The first-order chi connectivity index (χ1) is 10.4. The van der Waals surface area contributed by atoms with E-state index in [1.165, 1.54) is 13.0 Å². The lowest BCUT2D eigenvalue weighted by Crippen LogP contribution is -2.51. The number of halogens is 8. The van der Waals surface area contributed by atoms with Gasteiger partial charge in [0, 0.05) is 12.5 Å². The summed E-state index contributed by atoms with van der Waals surface area (Å²) in [6.07, 6.45) is -12.2. The van der Waals surface area contributed by atoms with Crippen LogP contribution in [0.25, 0.3) is 0 Å². The van der Waals surface area contributed by atoms with Crippen molar-refractivity contribution in [3.63, 3.8) is 0 Å². The SMILES string of the molecule is Cc1cc(Br)nc(C(F)(C(F)(F)F)C(F)(F)F)c1C1CCOC1. The van der Waals surface area contributed by atoms with E-state index in [9.17, 15) is 30.7 Å². The second-order valence-corrected chi connectivity index (χ2v) is 6.05. The summed E-state index contributed by atoms with van der Waals surface area (Å²) in [4.78, 5) is 3.23. The van der Waals surface area contributed by atoms with E-state index < -0.39 is 35.2 Å². The fourth-order valence-corrected chi connectivity index (χ4v) is 3.13. The van der Waals surface area contributed by atoms with E-state index in [0.29, 0.717) is 0 Å². The van der Waals surface area contributed by atoms with E-state index in [-0.39, 0.29) is 29.8 Å². The van der Waals surface area contributed by atoms with Gasteiger partial charge in [-0.2, -0.15) is 26.3 Å². The first-order valence-corrected chi connectivity index (χ1v) is 7.26. The monoisotopic (exact) mass is 409 g/mol. The third-order valence-electron chi connectivity index (χ3n) is 3.68. The molecule has 0 aromatic carbocycles. The summed E-state index contributed by atoms with van der Waals surface area (Å²) in [5.74, 6) is -0.773. The van der Waals surface area contributed by atoms with Gasteiger partial charge in [-0.25, -0.2) is 9.37 Å². The van der Waals surface area contributed by atoms with Gasteiger partial charge in [0.05, 0.1) is 6.61 Å². The molecule has 0 N–H and O–H groups in total. The van der Waals surface area contributed by atoms with Crippen LogP contribution in [0.1, 0.15) is 29.2 Å². The lowest BCUT2D eigenvalue weighted by atomic mass is 9.85. The van der Waals surface area contributed by atoms with Crippen molar-refractivity contribution in [3.05, 3.63) is 27.5 Å². The molecular weight excluding hydrogens is 399 g/mol. The Balaban J connectivity index is 2.78. The number of hydrogen-bond acceptors (Lipinski definition) is 2. The lowest BCUT2D eigenvalue weighted by molar-refractivity contribution is -0.350. The normalized spacial score (nSPS) is 20.1. The third-order valence-corrected chi connectivity index (χ3v) is 4.09. The van der Waals surface area contributed by atoms with Crippen molar-refractivity contribution in [3.8, 4) is 0 Å². The molecule has 0 amide bonds. The molecule has 2 rings (SSSR count). The van der Waals surface area contributed by atoms with Crippen LogP contribution in [0, 0.1) is 6.92 Å². The summed E-state index contributed by atoms with van der Waals surface area (Å²) in [5.41, 5.74) is -7.53. The Morgan fingerprint density at radius 1 is 1.13 bits per heavy atom. The maximum Gasteiger partial charge on any atom is 0.437 e. The quantitative estimate of drug-likeness (QED) is 0.509. The Bertz CT molecular complexity index is 579. The van der Waals surface area contributed by atoms with Crippen molar-refractivity contribution in [2.24, 2.45) is 0 Å². The highest BCUT2D eigenvalue weighted by Crippen LogP contribution is 2.55. The molecule has 1 atom stereocenters. The summed E-state index contributed by atoms with van der Waals surface area (Å²) in [5, 5.41) is 0. The predicted molar refractivity (Wildman–Crippen MR) is 69.7 cm³/mol. The van der Waals surface area contributed by atoms with Crippen molar-refractivity contribution < 1.29 is 35.5 Å². The molecule has 1 aliphatic rings. The van der Waals surface area contributed by atoms with Crippen molar-refractivity contribution in [2.45, 2.75) is 37.3 Å². The minimum atomic E-state index is -6.19. The molecule has 1 aromatic heterocycles. The Hall–Kier alpha value is -0.900. The molecule has 2 nitrogen and oxygen atoms in total. The number of pyridine rings is 1. The number of alkyl halides is 7. The van der Waals surface area contributed by atoms with Crippen molar-refractivity contribution >= 4 is 15.9 Å². The molecule has 23 heavy (non-hydrogen) atoms. The molecule has 1 unspecified atom stereocenters. The molecule has 0 radical (unpaired) electrons. The summed E-state index contributed by atoms with van der Waals surface area (Å²) in [7, 11) is 0. The van der Waals surface area contributed by atoms with Crippen molar-refractivity contribution in [1.29, 1.82) is 0 Å². The van der Waals surface area contributed by atoms with Gasteiger partial charge in [-0.05, 0) is 46.5 Å². The zero-order valence-electron chi connectivity index (χ0n) is 11.7. The van der Waals surface area contributed by atoms with Gasteiger partial charge >= 0.3 is 18.0 Å². The zero-order valence-corrected chi connectivity index (χ0v) is 13.2. The highest BCUT2D eigenvalue weighted by molar-refractivity contribution is 9.10. The van der Waals surface area contributed by atoms with Crippen molar-refractivity contribution in [1.82, 2.24) is 4.98 Å². The molecule has 0 spiro atoms. The Morgan fingerprint density at radius 3 is 2.13 bits per heavy atom. The second-order valence-electron chi connectivity index (χ2n) is 5.24. The minimum Gasteiger partial charge on any atom is -0.381 e. The molecule has 130 valence electrons. The van der Waals surface area contributed by atoms with Gasteiger partial charge in [-0.3, -0.25) is 0 Å². The molecule has 1 aromatic rings. The number of aromatic nitrogens is 1. The summed E-state index contributed by atoms with van der Waals surface area (Å²) < 4.78 is 97.4. The fraction of sp³-hybridized carbons (Fsp3) is 0.615. The molecule has 0 bridgehead atoms. The minimum absolute atomic E-state index is 0.0804. The molecule has 1 fully saturated rings. The van der Waals surface area contributed by atoms with E-state index in [2.05, 4.69) is 20.9 Å². The maximum atomic E-state index is 14.4. The number of hydrogen-bond donors (Lipinski definition) is 0.